The molecule has 1 aromatic heterocycles. The quantitative estimate of drug-likeness (QED) is 0.395. The van der Waals surface area contributed by atoms with E-state index in [0.29, 0.717) is 19.7 Å². The van der Waals surface area contributed by atoms with Gasteiger partial charge in [-0.2, -0.15) is 0 Å². The molecule has 0 spiro atoms. The van der Waals surface area contributed by atoms with Gasteiger partial charge in [-0.15, -0.1) is 0 Å². The van der Waals surface area contributed by atoms with Gasteiger partial charge in [-0.05, 0) is 77.8 Å². The van der Waals surface area contributed by atoms with Crippen LogP contribution >= 0.6 is 0 Å². The number of anilines is 1. The van der Waals surface area contributed by atoms with Gasteiger partial charge in [-0.3, -0.25) is 4.90 Å². The second-order valence-electron chi connectivity index (χ2n) is 9.94. The molecule has 1 aromatic rings. The van der Waals surface area contributed by atoms with Gasteiger partial charge in [0.25, 0.3) is 0 Å². The predicted molar refractivity (Wildman–Crippen MR) is 132 cm³/mol. The SMILES string of the molecule is COCCN(CCC(NC(=O)OC(C)(C)C)C(=O)O)C(C)CCCc1ccc2c(n1)NCCC2. The van der Waals surface area contributed by atoms with Gasteiger partial charge in [-0.25, -0.2) is 14.6 Å². The minimum atomic E-state index is -1.07. The Labute approximate surface area is 203 Å². The number of nitrogens with one attached hydrogen (secondary N) is 2. The van der Waals surface area contributed by atoms with Gasteiger partial charge in [-0.1, -0.05) is 6.07 Å². The summed E-state index contributed by atoms with van der Waals surface area (Å²) in [4.78, 5) is 30.7. The van der Waals surface area contributed by atoms with Gasteiger partial charge in [0.2, 0.25) is 0 Å². The number of methoxy groups -OCH3 is 1. The Balaban J connectivity index is 1.87. The molecule has 2 heterocycles. The van der Waals surface area contributed by atoms with Crippen molar-refractivity contribution in [2.75, 3.05) is 38.7 Å². The third-order valence-electron chi connectivity index (χ3n) is 5.91. The smallest absolute Gasteiger partial charge is 0.408 e. The van der Waals surface area contributed by atoms with Crippen LogP contribution in [-0.4, -0.2) is 78.1 Å². The van der Waals surface area contributed by atoms with E-state index in [2.05, 4.69) is 34.6 Å². The molecule has 9 heteroatoms. The van der Waals surface area contributed by atoms with Crippen LogP contribution in [0.1, 0.15) is 64.6 Å². The van der Waals surface area contributed by atoms with Crippen molar-refractivity contribution < 1.29 is 24.2 Å². The summed E-state index contributed by atoms with van der Waals surface area (Å²) < 4.78 is 10.5. The van der Waals surface area contributed by atoms with Crippen molar-refractivity contribution >= 4 is 17.9 Å². The van der Waals surface area contributed by atoms with Crippen LogP contribution in [0.5, 0.6) is 0 Å². The van der Waals surface area contributed by atoms with E-state index in [1.165, 1.54) is 5.56 Å². The first-order valence-corrected chi connectivity index (χ1v) is 12.3. The average molecular weight is 479 g/mol. The first-order chi connectivity index (χ1) is 16.1. The number of ether oxygens (including phenoxy) is 2. The van der Waals surface area contributed by atoms with Gasteiger partial charge < -0.3 is 25.2 Å². The van der Waals surface area contributed by atoms with E-state index >= 15 is 0 Å². The molecule has 192 valence electrons. The highest BCUT2D eigenvalue weighted by molar-refractivity contribution is 5.80. The summed E-state index contributed by atoms with van der Waals surface area (Å²) in [6.07, 6.45) is 4.63. The molecule has 1 aliphatic heterocycles. The number of carboxylic acid groups (broad SMARTS) is 1. The molecule has 3 N–H and O–H groups in total. The van der Waals surface area contributed by atoms with Crippen LogP contribution in [0.15, 0.2) is 12.1 Å². The molecule has 0 saturated heterocycles. The molecule has 2 unspecified atom stereocenters. The van der Waals surface area contributed by atoms with Gasteiger partial charge in [0.1, 0.15) is 17.5 Å². The second kappa shape index (κ2) is 13.5. The Kier molecular flexibility index (Phi) is 11.0. The largest absolute Gasteiger partial charge is 0.480 e. The highest BCUT2D eigenvalue weighted by Gasteiger charge is 2.25. The monoisotopic (exact) mass is 478 g/mol. The summed E-state index contributed by atoms with van der Waals surface area (Å²) in [6, 6.07) is 3.53. The van der Waals surface area contributed by atoms with Crippen LogP contribution < -0.4 is 10.6 Å². The molecule has 0 aliphatic carbocycles. The zero-order chi connectivity index (χ0) is 25.1. The van der Waals surface area contributed by atoms with Crippen molar-refractivity contribution in [1.29, 1.82) is 0 Å². The average Bonchev–Trinajstić information content (AvgIpc) is 2.76. The van der Waals surface area contributed by atoms with E-state index in [0.717, 1.165) is 50.2 Å². The molecular formula is C25H42N4O5. The number of hydrogen-bond acceptors (Lipinski definition) is 7. The van der Waals surface area contributed by atoms with Crippen LogP contribution in [0.2, 0.25) is 0 Å². The molecule has 1 amide bonds. The number of pyridine rings is 1. The predicted octanol–water partition coefficient (Wildman–Crippen LogP) is 3.47. The van der Waals surface area contributed by atoms with Crippen molar-refractivity contribution in [1.82, 2.24) is 15.2 Å². The maximum Gasteiger partial charge on any atom is 0.408 e. The minimum Gasteiger partial charge on any atom is -0.480 e. The Hall–Kier alpha value is -2.39. The summed E-state index contributed by atoms with van der Waals surface area (Å²) >= 11 is 0. The zero-order valence-corrected chi connectivity index (χ0v) is 21.4. The van der Waals surface area contributed by atoms with Crippen LogP contribution in [0.25, 0.3) is 0 Å². The molecule has 0 radical (unpaired) electrons. The third-order valence-corrected chi connectivity index (χ3v) is 5.91. The lowest BCUT2D eigenvalue weighted by atomic mass is 10.0. The zero-order valence-electron chi connectivity index (χ0n) is 21.4. The van der Waals surface area contributed by atoms with Crippen molar-refractivity contribution in [2.24, 2.45) is 0 Å². The number of carbonyl (C=O) groups excluding carboxylic acids is 1. The van der Waals surface area contributed by atoms with E-state index in [4.69, 9.17) is 14.5 Å². The first-order valence-electron chi connectivity index (χ1n) is 12.3. The number of aromatic nitrogens is 1. The summed E-state index contributed by atoms with van der Waals surface area (Å²) in [7, 11) is 1.66. The summed E-state index contributed by atoms with van der Waals surface area (Å²) in [5.41, 5.74) is 1.70. The van der Waals surface area contributed by atoms with Crippen LogP contribution in [0.4, 0.5) is 10.6 Å². The van der Waals surface area contributed by atoms with Crippen molar-refractivity contribution in [2.45, 2.75) is 83.9 Å². The highest BCUT2D eigenvalue weighted by atomic mass is 16.6. The number of aryl methyl sites for hydroxylation is 2. The molecular weight excluding hydrogens is 436 g/mol. The number of alkyl carbamates (subject to hydrolysis) is 1. The minimum absolute atomic E-state index is 0.238. The molecule has 0 bridgehead atoms. The standard InChI is InChI=1S/C25H42N4O5/c1-18(8-6-10-20-12-11-19-9-7-14-26-22(19)27-20)29(16-17-33-5)15-13-21(23(30)31)28-24(32)34-25(2,3)4/h11-12,18,21H,6-10,13-17H2,1-5H3,(H,26,27)(H,28,32)(H,30,31). The topological polar surface area (TPSA) is 113 Å². The molecule has 1 aliphatic rings. The fraction of sp³-hybridized carbons (Fsp3) is 0.720. The van der Waals surface area contributed by atoms with Crippen molar-refractivity contribution in [3.05, 3.63) is 23.4 Å². The van der Waals surface area contributed by atoms with E-state index in [1.807, 2.05) is 0 Å². The summed E-state index contributed by atoms with van der Waals surface area (Å²) in [6.45, 7) is 10.1. The number of carbonyl (C=O) groups is 2. The van der Waals surface area contributed by atoms with Gasteiger partial charge in [0.05, 0.1) is 6.61 Å². The van der Waals surface area contributed by atoms with Crippen LogP contribution in [0, 0.1) is 0 Å². The van der Waals surface area contributed by atoms with Crippen LogP contribution in [-0.2, 0) is 27.1 Å². The molecule has 0 aromatic carbocycles. The molecule has 9 nitrogen and oxygen atoms in total. The second-order valence-corrected chi connectivity index (χ2v) is 9.94. The van der Waals surface area contributed by atoms with Crippen molar-refractivity contribution in [3.63, 3.8) is 0 Å². The Morgan fingerprint density at radius 3 is 2.71 bits per heavy atom. The first kappa shape index (κ1) is 27.9. The molecule has 2 atom stereocenters. The fourth-order valence-electron chi connectivity index (χ4n) is 4.03. The van der Waals surface area contributed by atoms with E-state index in [9.17, 15) is 14.7 Å². The lowest BCUT2D eigenvalue weighted by Crippen LogP contribution is -2.46. The number of amides is 1. The number of fused-ring (bicyclic) bond motifs is 1. The van der Waals surface area contributed by atoms with Gasteiger partial charge in [0.15, 0.2) is 0 Å². The molecule has 2 rings (SSSR count). The lowest BCUT2D eigenvalue weighted by Gasteiger charge is -2.30. The maximum absolute atomic E-state index is 12.0. The van der Waals surface area contributed by atoms with E-state index in [1.54, 1.807) is 27.9 Å². The Bertz CT molecular complexity index is 796. The number of carboxylic acids is 1. The number of hydrogen-bond donors (Lipinski definition) is 3. The lowest BCUT2D eigenvalue weighted by molar-refractivity contribution is -0.139. The Morgan fingerprint density at radius 1 is 1.26 bits per heavy atom. The maximum atomic E-state index is 12.0. The van der Waals surface area contributed by atoms with Crippen LogP contribution in [0.3, 0.4) is 0 Å². The fourth-order valence-corrected chi connectivity index (χ4v) is 4.03. The normalized spacial score (nSPS) is 15.2. The Morgan fingerprint density at radius 2 is 2.03 bits per heavy atom. The summed E-state index contributed by atoms with van der Waals surface area (Å²) in [5, 5.41) is 15.4. The molecule has 0 fully saturated rings. The molecule has 0 saturated carbocycles. The van der Waals surface area contributed by atoms with E-state index < -0.39 is 23.7 Å². The van der Waals surface area contributed by atoms with Crippen molar-refractivity contribution in [3.8, 4) is 0 Å². The summed E-state index contributed by atoms with van der Waals surface area (Å²) in [5.74, 6) is -0.0481. The molecule has 34 heavy (non-hydrogen) atoms. The number of aliphatic carboxylic acids is 1. The highest BCUT2D eigenvalue weighted by Crippen LogP contribution is 2.21. The number of nitrogens with zero attached hydrogens (tertiary/aromatic N) is 2. The van der Waals surface area contributed by atoms with Gasteiger partial charge in [0, 0.05) is 38.5 Å². The number of rotatable bonds is 13. The third kappa shape index (κ3) is 9.85. The van der Waals surface area contributed by atoms with Gasteiger partial charge >= 0.3 is 12.1 Å². The van der Waals surface area contributed by atoms with E-state index in [-0.39, 0.29) is 12.5 Å².